The lowest BCUT2D eigenvalue weighted by molar-refractivity contribution is 0.0985. The third-order valence-corrected chi connectivity index (χ3v) is 6.32. The number of amides is 1. The van der Waals surface area contributed by atoms with Crippen molar-refractivity contribution in [3.63, 3.8) is 0 Å². The largest absolute Gasteiger partial charge is 0.278 e. The van der Waals surface area contributed by atoms with Crippen molar-refractivity contribution in [3.05, 3.63) is 74.2 Å². The molecule has 0 saturated carbocycles. The number of carbonyl (C=O) groups excluding carboxylic acids is 1. The van der Waals surface area contributed by atoms with Gasteiger partial charge in [-0.25, -0.2) is 13.8 Å². The number of benzene rings is 1. The van der Waals surface area contributed by atoms with E-state index in [2.05, 4.69) is 9.97 Å². The van der Waals surface area contributed by atoms with Crippen LogP contribution >= 0.6 is 45.9 Å². The number of carbonyl (C=O) groups is 1. The Balaban J connectivity index is 1.82. The lowest BCUT2D eigenvalue weighted by atomic mass is 10.2. The first-order valence-electron chi connectivity index (χ1n) is 7.84. The summed E-state index contributed by atoms with van der Waals surface area (Å²) in [4.78, 5) is 22.9. The van der Waals surface area contributed by atoms with Crippen molar-refractivity contribution in [3.8, 4) is 0 Å². The minimum atomic E-state index is -0.792. The zero-order chi connectivity index (χ0) is 19.8. The van der Waals surface area contributed by atoms with Gasteiger partial charge in [0.05, 0.1) is 26.8 Å². The van der Waals surface area contributed by atoms with Crippen LogP contribution < -0.4 is 4.90 Å². The number of hydrogen-bond donors (Lipinski definition) is 0. The maximum atomic E-state index is 14.1. The zero-order valence-electron chi connectivity index (χ0n) is 13.8. The Morgan fingerprint density at radius 3 is 2.64 bits per heavy atom. The molecule has 0 aliphatic carbocycles. The monoisotopic (exact) mass is 455 g/mol. The number of halogens is 4. The standard InChI is InChI=1S/C18H9Cl2F2N3OS2/c19-14-7-11(16(20)28-14)17(26)25(8-10-3-1-2-4-23-10)18-24-15-12(22)5-9(21)6-13(15)27-18/h1-7H,8H2. The molecule has 4 nitrogen and oxygen atoms in total. The Bertz CT molecular complexity index is 1180. The molecule has 4 aromatic rings. The molecule has 3 heterocycles. The number of aromatic nitrogens is 2. The van der Waals surface area contributed by atoms with Crippen molar-refractivity contribution in [2.45, 2.75) is 6.54 Å². The fourth-order valence-corrected chi connectivity index (χ4v) is 5.02. The van der Waals surface area contributed by atoms with E-state index in [-0.39, 0.29) is 27.1 Å². The fraction of sp³-hybridized carbons (Fsp3) is 0.0556. The highest BCUT2D eigenvalue weighted by atomic mass is 35.5. The molecule has 0 spiro atoms. The molecular weight excluding hydrogens is 447 g/mol. The van der Waals surface area contributed by atoms with E-state index < -0.39 is 17.5 Å². The van der Waals surface area contributed by atoms with Gasteiger partial charge in [-0.15, -0.1) is 11.3 Å². The van der Waals surface area contributed by atoms with Crippen LogP contribution in [-0.2, 0) is 6.54 Å². The quantitative estimate of drug-likeness (QED) is 0.368. The Morgan fingerprint density at radius 2 is 1.96 bits per heavy atom. The number of anilines is 1. The number of rotatable bonds is 4. The molecule has 0 aliphatic heterocycles. The van der Waals surface area contributed by atoms with Crippen LogP contribution in [0.2, 0.25) is 8.67 Å². The highest BCUT2D eigenvalue weighted by Crippen LogP contribution is 2.36. The second-order valence-corrected chi connectivity index (χ2v) is 8.98. The molecule has 1 aromatic carbocycles. The van der Waals surface area contributed by atoms with Gasteiger partial charge in [-0.3, -0.25) is 14.7 Å². The number of thiazole rings is 1. The van der Waals surface area contributed by atoms with Crippen LogP contribution in [0.3, 0.4) is 0 Å². The summed E-state index contributed by atoms with van der Waals surface area (Å²) < 4.78 is 28.5. The normalized spacial score (nSPS) is 11.1. The summed E-state index contributed by atoms with van der Waals surface area (Å²) in [7, 11) is 0. The van der Waals surface area contributed by atoms with Crippen LogP contribution in [0, 0.1) is 11.6 Å². The summed E-state index contributed by atoms with van der Waals surface area (Å²) in [6, 6.07) is 8.68. The number of nitrogens with zero attached hydrogens (tertiary/aromatic N) is 3. The van der Waals surface area contributed by atoms with Gasteiger partial charge in [0, 0.05) is 12.3 Å². The van der Waals surface area contributed by atoms with Gasteiger partial charge < -0.3 is 0 Å². The number of thiophene rings is 1. The lowest BCUT2D eigenvalue weighted by Gasteiger charge is -2.19. The van der Waals surface area contributed by atoms with E-state index in [4.69, 9.17) is 23.2 Å². The fourth-order valence-electron chi connectivity index (χ4n) is 2.57. The van der Waals surface area contributed by atoms with Crippen LogP contribution in [0.15, 0.2) is 42.6 Å². The van der Waals surface area contributed by atoms with Gasteiger partial charge in [0.1, 0.15) is 15.7 Å². The van der Waals surface area contributed by atoms with Crippen molar-refractivity contribution in [1.82, 2.24) is 9.97 Å². The maximum absolute atomic E-state index is 14.1. The predicted molar refractivity (Wildman–Crippen MR) is 109 cm³/mol. The van der Waals surface area contributed by atoms with Gasteiger partial charge in [0.15, 0.2) is 10.9 Å². The van der Waals surface area contributed by atoms with Crippen molar-refractivity contribution in [2.75, 3.05) is 4.90 Å². The molecule has 10 heteroatoms. The molecule has 0 fully saturated rings. The molecule has 0 aliphatic rings. The SMILES string of the molecule is O=C(c1cc(Cl)sc1Cl)N(Cc1ccccn1)c1nc2c(F)cc(F)cc2s1. The van der Waals surface area contributed by atoms with Crippen LogP contribution in [0.5, 0.6) is 0 Å². The van der Waals surface area contributed by atoms with E-state index in [0.717, 1.165) is 28.7 Å². The molecule has 3 aromatic heterocycles. The summed E-state index contributed by atoms with van der Waals surface area (Å²) in [6.45, 7) is 0.0768. The number of pyridine rings is 1. The summed E-state index contributed by atoms with van der Waals surface area (Å²) >= 11 is 14.2. The maximum Gasteiger partial charge on any atom is 0.262 e. The second-order valence-electron chi connectivity index (χ2n) is 5.68. The van der Waals surface area contributed by atoms with Gasteiger partial charge in [-0.05, 0) is 24.3 Å². The van der Waals surface area contributed by atoms with Gasteiger partial charge in [0.2, 0.25) is 0 Å². The van der Waals surface area contributed by atoms with Gasteiger partial charge >= 0.3 is 0 Å². The number of hydrogen-bond acceptors (Lipinski definition) is 5. The molecule has 4 rings (SSSR count). The highest BCUT2D eigenvalue weighted by molar-refractivity contribution is 7.22. The Labute approximate surface area is 176 Å². The molecule has 0 saturated heterocycles. The molecule has 28 heavy (non-hydrogen) atoms. The predicted octanol–water partition coefficient (Wildman–Crippen LogP) is 6.18. The molecule has 0 atom stereocenters. The number of fused-ring (bicyclic) bond motifs is 1. The molecule has 142 valence electrons. The highest BCUT2D eigenvalue weighted by Gasteiger charge is 2.26. The molecule has 0 radical (unpaired) electrons. The van der Waals surface area contributed by atoms with E-state index in [1.54, 1.807) is 24.4 Å². The third-order valence-electron chi connectivity index (χ3n) is 3.81. The topological polar surface area (TPSA) is 46.1 Å². The first-order valence-corrected chi connectivity index (χ1v) is 10.2. The summed E-state index contributed by atoms with van der Waals surface area (Å²) in [5.41, 5.74) is 0.799. The minimum absolute atomic E-state index is 0.00494. The van der Waals surface area contributed by atoms with Gasteiger partial charge in [-0.1, -0.05) is 40.6 Å². The van der Waals surface area contributed by atoms with E-state index in [9.17, 15) is 13.6 Å². The van der Waals surface area contributed by atoms with Crippen LogP contribution in [-0.4, -0.2) is 15.9 Å². The summed E-state index contributed by atoms with van der Waals surface area (Å²) in [5, 5.41) is 0.202. The van der Waals surface area contributed by atoms with Gasteiger partial charge in [-0.2, -0.15) is 0 Å². The van der Waals surface area contributed by atoms with Crippen molar-refractivity contribution in [1.29, 1.82) is 0 Å². The molecular formula is C18H9Cl2F2N3OS2. The average Bonchev–Trinajstić information content (AvgIpc) is 3.22. The minimum Gasteiger partial charge on any atom is -0.278 e. The van der Waals surface area contributed by atoms with Crippen molar-refractivity contribution >= 4 is 67.1 Å². The van der Waals surface area contributed by atoms with Crippen LogP contribution in [0.4, 0.5) is 13.9 Å². The second kappa shape index (κ2) is 7.71. The van der Waals surface area contributed by atoms with Crippen molar-refractivity contribution in [2.24, 2.45) is 0 Å². The molecule has 1 amide bonds. The van der Waals surface area contributed by atoms with E-state index in [0.29, 0.717) is 14.7 Å². The van der Waals surface area contributed by atoms with Crippen LogP contribution in [0.25, 0.3) is 10.2 Å². The Hall–Kier alpha value is -2.13. The lowest BCUT2D eigenvalue weighted by Crippen LogP contribution is -2.30. The van der Waals surface area contributed by atoms with E-state index in [1.165, 1.54) is 17.0 Å². The van der Waals surface area contributed by atoms with Gasteiger partial charge in [0.25, 0.3) is 5.91 Å². The van der Waals surface area contributed by atoms with Crippen molar-refractivity contribution < 1.29 is 13.6 Å². The molecule has 0 unspecified atom stereocenters. The average molecular weight is 456 g/mol. The van der Waals surface area contributed by atoms with Crippen LogP contribution in [0.1, 0.15) is 16.1 Å². The first-order chi connectivity index (χ1) is 13.4. The Morgan fingerprint density at radius 1 is 1.14 bits per heavy atom. The first kappa shape index (κ1) is 19.2. The Kier molecular flexibility index (Phi) is 5.29. The molecule has 0 bridgehead atoms. The molecule has 0 N–H and O–H groups in total. The zero-order valence-corrected chi connectivity index (χ0v) is 17.0. The van der Waals surface area contributed by atoms with E-state index in [1.807, 2.05) is 0 Å². The third kappa shape index (κ3) is 3.73. The summed E-state index contributed by atoms with van der Waals surface area (Å²) in [6.07, 6.45) is 1.60. The van der Waals surface area contributed by atoms with E-state index >= 15 is 0 Å². The smallest absolute Gasteiger partial charge is 0.262 e. The summed E-state index contributed by atoms with van der Waals surface area (Å²) in [5.74, 6) is -1.96.